The number of hydrogen-bond acceptors (Lipinski definition) is 3. The molecule has 4 rings (SSSR count). The molecule has 0 radical (unpaired) electrons. The minimum atomic E-state index is 0.141. The summed E-state index contributed by atoms with van der Waals surface area (Å²) in [6, 6.07) is 17.6. The van der Waals surface area contributed by atoms with Crippen molar-refractivity contribution in [2.24, 2.45) is 4.99 Å². The summed E-state index contributed by atoms with van der Waals surface area (Å²) in [4.78, 5) is 5.97. The second-order valence-electron chi connectivity index (χ2n) is 5.48. The Hall–Kier alpha value is -1.68. The van der Waals surface area contributed by atoms with Crippen LogP contribution in [0.4, 0.5) is 5.69 Å². The van der Waals surface area contributed by atoms with Gasteiger partial charge in [0.05, 0.1) is 17.7 Å². The van der Waals surface area contributed by atoms with Crippen LogP contribution >= 0.6 is 35.0 Å². The number of rotatable bonds is 2. The smallest absolute Gasteiger partial charge is 0.148 e. The molecule has 0 bridgehead atoms. The molecule has 1 aliphatic heterocycles. The quantitative estimate of drug-likeness (QED) is 0.485. The van der Waals surface area contributed by atoms with Crippen molar-refractivity contribution in [3.05, 3.63) is 82.2 Å². The van der Waals surface area contributed by atoms with E-state index in [0.717, 1.165) is 34.0 Å². The summed E-state index contributed by atoms with van der Waals surface area (Å²) in [5, 5.41) is 1.46. The molecule has 0 spiro atoms. The number of fused-ring (bicyclic) bond motifs is 1. The van der Waals surface area contributed by atoms with E-state index in [2.05, 4.69) is 6.07 Å². The number of hydrogen-bond donors (Lipinski definition) is 0. The minimum Gasteiger partial charge on any atom is -0.463 e. The lowest BCUT2D eigenvalue weighted by Crippen LogP contribution is -2.04. The molecule has 0 amide bonds. The van der Waals surface area contributed by atoms with Gasteiger partial charge in [0.25, 0.3) is 0 Å². The highest BCUT2D eigenvalue weighted by atomic mass is 35.5. The van der Waals surface area contributed by atoms with E-state index in [1.165, 1.54) is 0 Å². The number of benzene rings is 2. The number of halogens is 2. The maximum absolute atomic E-state index is 6.45. The molecule has 120 valence electrons. The molecule has 1 atom stereocenters. The van der Waals surface area contributed by atoms with E-state index in [-0.39, 0.29) is 5.25 Å². The third kappa shape index (κ3) is 3.12. The molecule has 2 nitrogen and oxygen atoms in total. The van der Waals surface area contributed by atoms with Crippen LogP contribution in [-0.2, 0) is 0 Å². The topological polar surface area (TPSA) is 25.5 Å². The fraction of sp³-hybridized carbons (Fsp3) is 0.105. The summed E-state index contributed by atoms with van der Waals surface area (Å²) < 4.78 is 5.58. The van der Waals surface area contributed by atoms with Gasteiger partial charge in [0.1, 0.15) is 5.76 Å². The molecule has 3 aromatic rings. The van der Waals surface area contributed by atoms with E-state index in [1.54, 1.807) is 24.1 Å². The van der Waals surface area contributed by atoms with Gasteiger partial charge in [-0.25, -0.2) is 4.99 Å². The zero-order valence-corrected chi connectivity index (χ0v) is 14.9. The van der Waals surface area contributed by atoms with Crippen molar-refractivity contribution in [1.29, 1.82) is 0 Å². The van der Waals surface area contributed by atoms with Crippen molar-refractivity contribution in [2.75, 3.05) is 0 Å². The third-order valence-electron chi connectivity index (χ3n) is 3.88. The lowest BCUT2D eigenvalue weighted by Gasteiger charge is -2.17. The first-order valence-electron chi connectivity index (χ1n) is 7.53. The summed E-state index contributed by atoms with van der Waals surface area (Å²) in [6.45, 7) is 0. The van der Waals surface area contributed by atoms with Crippen LogP contribution in [0.25, 0.3) is 0 Å². The van der Waals surface area contributed by atoms with Crippen LogP contribution in [0.1, 0.15) is 23.0 Å². The normalized spacial score (nSPS) is 17.1. The van der Waals surface area contributed by atoms with E-state index in [4.69, 9.17) is 32.6 Å². The average Bonchev–Trinajstić information content (AvgIpc) is 3.03. The Morgan fingerprint density at radius 1 is 1.04 bits per heavy atom. The zero-order valence-electron chi connectivity index (χ0n) is 12.6. The fourth-order valence-electron chi connectivity index (χ4n) is 2.75. The molecular formula is C19H13Cl2NOS. The molecule has 2 aromatic carbocycles. The Morgan fingerprint density at radius 3 is 2.71 bits per heavy atom. The zero-order chi connectivity index (χ0) is 16.5. The van der Waals surface area contributed by atoms with Gasteiger partial charge in [0.15, 0.2) is 0 Å². The molecule has 1 aromatic heterocycles. The van der Waals surface area contributed by atoms with E-state index >= 15 is 0 Å². The van der Waals surface area contributed by atoms with Gasteiger partial charge in [-0.05, 0) is 42.0 Å². The van der Waals surface area contributed by atoms with Crippen molar-refractivity contribution in [3.8, 4) is 0 Å². The summed E-state index contributed by atoms with van der Waals surface area (Å²) in [7, 11) is 0. The first-order chi connectivity index (χ1) is 11.7. The van der Waals surface area contributed by atoms with Crippen molar-refractivity contribution in [2.45, 2.75) is 16.6 Å². The predicted octanol–water partition coefficient (Wildman–Crippen LogP) is 6.94. The van der Waals surface area contributed by atoms with Gasteiger partial charge in [0.2, 0.25) is 0 Å². The van der Waals surface area contributed by atoms with Crippen LogP contribution in [0.3, 0.4) is 0 Å². The molecular weight excluding hydrogens is 361 g/mol. The lowest BCUT2D eigenvalue weighted by molar-refractivity contribution is 0.555. The summed E-state index contributed by atoms with van der Waals surface area (Å²) in [6.07, 6.45) is 2.40. The second kappa shape index (κ2) is 6.67. The van der Waals surface area contributed by atoms with Gasteiger partial charge in [-0.15, -0.1) is 11.8 Å². The summed E-state index contributed by atoms with van der Waals surface area (Å²) >= 11 is 14.3. The number of nitrogens with zero attached hydrogens (tertiary/aromatic N) is 1. The molecule has 5 heteroatoms. The number of furan rings is 1. The molecule has 1 aliphatic rings. The summed E-state index contributed by atoms with van der Waals surface area (Å²) in [5.41, 5.74) is 2.94. The fourth-order valence-corrected chi connectivity index (χ4v) is 4.62. The Kier molecular flexibility index (Phi) is 4.40. The standard InChI is InChI=1S/C19H13Cl2NOS/c20-12-7-8-13(14(21)10-12)19-11-16(17-5-3-9-23-17)22-15-4-1-2-6-18(15)24-19/h1-10,19H,11H2/t19-/m1/s1. The Bertz CT molecular complexity index is 905. The van der Waals surface area contributed by atoms with E-state index in [9.17, 15) is 0 Å². The van der Waals surface area contributed by atoms with Crippen molar-refractivity contribution in [1.82, 2.24) is 0 Å². The van der Waals surface area contributed by atoms with Crippen LogP contribution in [0, 0.1) is 0 Å². The monoisotopic (exact) mass is 373 g/mol. The first kappa shape index (κ1) is 15.8. The van der Waals surface area contributed by atoms with E-state index in [0.29, 0.717) is 10.0 Å². The summed E-state index contributed by atoms with van der Waals surface area (Å²) in [5.74, 6) is 0.794. The molecule has 0 saturated heterocycles. The van der Waals surface area contributed by atoms with Gasteiger partial charge < -0.3 is 4.42 Å². The molecule has 0 N–H and O–H groups in total. The number of thioether (sulfide) groups is 1. The Morgan fingerprint density at radius 2 is 1.92 bits per heavy atom. The largest absolute Gasteiger partial charge is 0.463 e. The van der Waals surface area contributed by atoms with Crippen molar-refractivity contribution in [3.63, 3.8) is 0 Å². The van der Waals surface area contributed by atoms with E-state index in [1.807, 2.05) is 42.5 Å². The van der Waals surface area contributed by atoms with Crippen LogP contribution in [-0.4, -0.2) is 5.71 Å². The van der Waals surface area contributed by atoms with Crippen LogP contribution in [0.2, 0.25) is 10.0 Å². The highest BCUT2D eigenvalue weighted by Crippen LogP contribution is 2.47. The molecule has 0 saturated carbocycles. The number of aliphatic imine (C=N–C) groups is 1. The van der Waals surface area contributed by atoms with Gasteiger partial charge >= 0.3 is 0 Å². The van der Waals surface area contributed by atoms with Gasteiger partial charge in [-0.2, -0.15) is 0 Å². The van der Waals surface area contributed by atoms with E-state index < -0.39 is 0 Å². The Labute approximate surface area is 154 Å². The maximum Gasteiger partial charge on any atom is 0.148 e. The second-order valence-corrected chi connectivity index (χ2v) is 7.57. The van der Waals surface area contributed by atoms with Gasteiger partial charge in [-0.1, -0.05) is 41.4 Å². The van der Waals surface area contributed by atoms with Crippen molar-refractivity contribution >= 4 is 46.4 Å². The third-order valence-corrected chi connectivity index (χ3v) is 5.75. The first-order valence-corrected chi connectivity index (χ1v) is 9.16. The average molecular weight is 374 g/mol. The van der Waals surface area contributed by atoms with Crippen molar-refractivity contribution < 1.29 is 4.42 Å². The Balaban J connectivity index is 1.81. The van der Waals surface area contributed by atoms with Crippen LogP contribution in [0.15, 0.2) is 75.2 Å². The maximum atomic E-state index is 6.45. The van der Waals surface area contributed by atoms with Crippen LogP contribution in [0.5, 0.6) is 0 Å². The molecule has 0 aliphatic carbocycles. The lowest BCUT2D eigenvalue weighted by atomic mass is 10.0. The molecule has 2 heterocycles. The SMILES string of the molecule is Clc1ccc([C@H]2CC(c3ccco3)=Nc3ccccc3S2)c(Cl)c1. The number of para-hydroxylation sites is 1. The van der Waals surface area contributed by atoms with Crippen LogP contribution < -0.4 is 0 Å². The molecule has 0 fully saturated rings. The highest BCUT2D eigenvalue weighted by molar-refractivity contribution is 7.99. The highest BCUT2D eigenvalue weighted by Gasteiger charge is 2.25. The minimum absolute atomic E-state index is 0.141. The van der Waals surface area contributed by atoms with Gasteiger partial charge in [0, 0.05) is 26.6 Å². The molecule has 0 unspecified atom stereocenters. The van der Waals surface area contributed by atoms with Gasteiger partial charge in [-0.3, -0.25) is 0 Å². The predicted molar refractivity (Wildman–Crippen MR) is 101 cm³/mol. The molecule has 24 heavy (non-hydrogen) atoms.